The SMILES string of the molecule is N[C@@H](CC(=O)O)C(=O)O.O=P([O-])([O-])[O-].[Na+].[Na+].[Na+]. The number of carboxylic acids is 2. The number of rotatable bonds is 3. The van der Waals surface area contributed by atoms with Crippen molar-refractivity contribution < 1.29 is 128 Å². The minimum absolute atomic E-state index is 0. The van der Waals surface area contributed by atoms with Crippen molar-refractivity contribution in [2.24, 2.45) is 5.73 Å². The maximum absolute atomic E-state index is 9.85. The van der Waals surface area contributed by atoms with E-state index in [1.807, 2.05) is 0 Å². The van der Waals surface area contributed by atoms with Gasteiger partial charge in [0.1, 0.15) is 6.04 Å². The second kappa shape index (κ2) is 16.1. The van der Waals surface area contributed by atoms with E-state index < -0.39 is 32.2 Å². The Kier molecular flexibility index (Phi) is 29.7. The van der Waals surface area contributed by atoms with Crippen molar-refractivity contribution in [3.05, 3.63) is 0 Å². The summed E-state index contributed by atoms with van der Waals surface area (Å²) in [5.74, 6) is -2.50. The molecule has 0 radical (unpaired) electrons. The average molecular weight is 297 g/mol. The van der Waals surface area contributed by atoms with Crippen molar-refractivity contribution in [3.8, 4) is 0 Å². The van der Waals surface area contributed by atoms with Crippen LogP contribution in [-0.4, -0.2) is 28.2 Å². The van der Waals surface area contributed by atoms with Crippen LogP contribution < -0.4 is 109 Å². The van der Waals surface area contributed by atoms with Crippen LogP contribution in [0.1, 0.15) is 6.42 Å². The first kappa shape index (κ1) is 31.4. The van der Waals surface area contributed by atoms with Crippen molar-refractivity contribution >= 4 is 19.8 Å². The van der Waals surface area contributed by atoms with Gasteiger partial charge in [-0.2, -0.15) is 7.82 Å². The predicted molar refractivity (Wildman–Crippen MR) is 35.5 cm³/mol. The molecule has 0 saturated carbocycles. The van der Waals surface area contributed by atoms with E-state index in [-0.39, 0.29) is 88.7 Å². The van der Waals surface area contributed by atoms with E-state index in [0.29, 0.717) is 0 Å². The molecule has 17 heavy (non-hydrogen) atoms. The molecular weight excluding hydrogens is 290 g/mol. The van der Waals surface area contributed by atoms with Gasteiger partial charge in [0.05, 0.1) is 6.42 Å². The fourth-order valence-electron chi connectivity index (χ4n) is 0.275. The Morgan fingerprint density at radius 3 is 1.41 bits per heavy atom. The van der Waals surface area contributed by atoms with Gasteiger partial charge in [-0.05, 0) is 0 Å². The standard InChI is InChI=1S/C4H7NO4.3Na.H3O4P/c5-2(4(8)9)1-3(6)7;;;;1-5(2,3)4/h2H,1,5H2,(H,6,7)(H,8,9);;;;(H3,1,2,3,4)/q;3*+1;/p-3/t2-;;;;/m0..../s1. The number of carbonyl (C=O) groups is 2. The first-order chi connectivity index (χ1) is 6.04. The minimum Gasteiger partial charge on any atom is -0.822 e. The molecule has 0 spiro atoms. The fourth-order valence-corrected chi connectivity index (χ4v) is 0.275. The van der Waals surface area contributed by atoms with Crippen LogP contribution >= 0.6 is 7.82 Å². The number of phosphoric acid groups is 1. The first-order valence-electron chi connectivity index (χ1n) is 2.97. The van der Waals surface area contributed by atoms with Crippen molar-refractivity contribution in [3.63, 3.8) is 0 Å². The third-order valence-corrected chi connectivity index (χ3v) is 0.712. The summed E-state index contributed by atoms with van der Waals surface area (Å²) in [6, 6.07) is -1.29. The van der Waals surface area contributed by atoms with E-state index in [4.69, 9.17) is 35.2 Å². The molecule has 84 valence electrons. The zero-order valence-corrected chi connectivity index (χ0v) is 16.5. The Balaban J connectivity index is -0.0000000533. The molecule has 0 saturated heterocycles. The molecule has 0 aliphatic rings. The van der Waals surface area contributed by atoms with E-state index in [9.17, 15) is 9.59 Å². The number of carboxylic acid groups (broad SMARTS) is 2. The molecule has 0 aromatic heterocycles. The Labute approximate surface area is 163 Å². The maximum atomic E-state index is 9.85. The largest absolute Gasteiger partial charge is 1.00 e. The third-order valence-electron chi connectivity index (χ3n) is 0.712. The van der Waals surface area contributed by atoms with Gasteiger partial charge in [0, 0.05) is 0 Å². The summed E-state index contributed by atoms with van der Waals surface area (Å²) in [5.41, 5.74) is 4.84. The van der Waals surface area contributed by atoms with Gasteiger partial charge in [0.25, 0.3) is 0 Å². The molecule has 0 unspecified atom stereocenters. The van der Waals surface area contributed by atoms with Crippen LogP contribution in [0, 0.1) is 0 Å². The second-order valence-corrected chi connectivity index (χ2v) is 2.88. The molecule has 9 nitrogen and oxygen atoms in total. The Bertz CT molecular complexity index is 249. The molecule has 0 rings (SSSR count). The molecule has 0 bridgehead atoms. The summed E-state index contributed by atoms with van der Waals surface area (Å²) in [5, 5.41) is 16.0. The topological polar surface area (TPSA) is 187 Å². The van der Waals surface area contributed by atoms with Crippen LogP contribution in [-0.2, 0) is 14.2 Å². The molecular formula is C4H7NNa3O8P. The summed E-state index contributed by atoms with van der Waals surface area (Å²) in [4.78, 5) is 45.3. The van der Waals surface area contributed by atoms with Crippen LogP contribution in [0.2, 0.25) is 0 Å². The van der Waals surface area contributed by atoms with Gasteiger partial charge in [-0.15, -0.1) is 0 Å². The van der Waals surface area contributed by atoms with E-state index in [1.165, 1.54) is 0 Å². The van der Waals surface area contributed by atoms with Gasteiger partial charge < -0.3 is 35.2 Å². The summed E-state index contributed by atoms with van der Waals surface area (Å²) < 4.78 is 8.55. The molecule has 0 heterocycles. The van der Waals surface area contributed by atoms with Crippen molar-refractivity contribution in [1.82, 2.24) is 0 Å². The van der Waals surface area contributed by atoms with Crippen LogP contribution in [0.15, 0.2) is 0 Å². The summed E-state index contributed by atoms with van der Waals surface area (Å²) in [6.07, 6.45) is -0.532. The van der Waals surface area contributed by atoms with Crippen molar-refractivity contribution in [1.29, 1.82) is 0 Å². The zero-order valence-electron chi connectivity index (χ0n) is 9.65. The second-order valence-electron chi connectivity index (χ2n) is 1.99. The average Bonchev–Trinajstić information content (AvgIpc) is 1.80. The van der Waals surface area contributed by atoms with Gasteiger partial charge in [-0.3, -0.25) is 9.59 Å². The van der Waals surface area contributed by atoms with E-state index in [2.05, 4.69) is 0 Å². The van der Waals surface area contributed by atoms with E-state index in [0.717, 1.165) is 0 Å². The predicted octanol–water partition coefficient (Wildman–Crippen LogP) is -12.9. The van der Waals surface area contributed by atoms with Gasteiger partial charge in [0.2, 0.25) is 0 Å². The first-order valence-corrected chi connectivity index (χ1v) is 4.43. The number of nitrogens with two attached hydrogens (primary N) is 1. The molecule has 0 aliphatic carbocycles. The molecule has 0 aromatic rings. The number of hydrogen-bond donors (Lipinski definition) is 3. The molecule has 0 fully saturated rings. The Morgan fingerprint density at radius 1 is 1.12 bits per heavy atom. The monoisotopic (exact) mass is 297 g/mol. The number of aliphatic carboxylic acids is 2. The van der Waals surface area contributed by atoms with Gasteiger partial charge >= 0.3 is 101 Å². The van der Waals surface area contributed by atoms with Crippen molar-refractivity contribution in [2.45, 2.75) is 12.5 Å². The van der Waals surface area contributed by atoms with E-state index in [1.54, 1.807) is 0 Å². The van der Waals surface area contributed by atoms with Crippen LogP contribution in [0.5, 0.6) is 0 Å². The molecule has 0 aliphatic heterocycles. The fraction of sp³-hybridized carbons (Fsp3) is 0.500. The Hall–Kier alpha value is 2.01. The minimum atomic E-state index is -5.39. The normalized spacial score (nSPS) is 10.1. The van der Waals surface area contributed by atoms with Crippen LogP contribution in [0.25, 0.3) is 0 Å². The third kappa shape index (κ3) is 46.1. The number of hydrogen-bond acceptors (Lipinski definition) is 7. The summed E-state index contributed by atoms with van der Waals surface area (Å²) in [7, 11) is -5.39. The molecule has 0 amide bonds. The zero-order chi connectivity index (χ0) is 11.9. The molecule has 0 aromatic carbocycles. The Morgan fingerprint density at radius 2 is 1.35 bits per heavy atom. The van der Waals surface area contributed by atoms with Gasteiger partial charge in [-0.1, -0.05) is 0 Å². The molecule has 13 heteroatoms. The molecule has 4 N–H and O–H groups in total. The summed E-state index contributed by atoms with van der Waals surface area (Å²) >= 11 is 0. The quantitative estimate of drug-likeness (QED) is 0.335. The maximum Gasteiger partial charge on any atom is 1.00 e. The van der Waals surface area contributed by atoms with Crippen LogP contribution in [0.4, 0.5) is 0 Å². The van der Waals surface area contributed by atoms with Crippen LogP contribution in [0.3, 0.4) is 0 Å². The van der Waals surface area contributed by atoms with Gasteiger partial charge in [0.15, 0.2) is 0 Å². The molecule has 1 atom stereocenters. The van der Waals surface area contributed by atoms with Crippen molar-refractivity contribution in [2.75, 3.05) is 0 Å². The van der Waals surface area contributed by atoms with E-state index >= 15 is 0 Å². The summed E-state index contributed by atoms with van der Waals surface area (Å²) in [6.45, 7) is 0. The van der Waals surface area contributed by atoms with Gasteiger partial charge in [-0.25, -0.2) is 0 Å². The smallest absolute Gasteiger partial charge is 0.822 e.